The molecule has 0 atom stereocenters. The van der Waals surface area contributed by atoms with E-state index in [9.17, 15) is 4.79 Å². The van der Waals surface area contributed by atoms with E-state index in [1.165, 1.54) is 0 Å². The third kappa shape index (κ3) is 1.59. The number of carbonyl (C=O) groups excluding carboxylic acids is 1. The summed E-state index contributed by atoms with van der Waals surface area (Å²) >= 11 is 0. The number of aromatic nitrogens is 1. The second-order valence-electron chi connectivity index (χ2n) is 3.57. The van der Waals surface area contributed by atoms with E-state index in [0.717, 1.165) is 30.9 Å². The Balaban J connectivity index is 0.000000963. The van der Waals surface area contributed by atoms with Crippen LogP contribution in [0.25, 0.3) is 0 Å². The number of hydrogen-bond donors (Lipinski definition) is 1. The SMILES string of the molecule is Br.O=C1NN2CCCN=C2c2ccncc21. The van der Waals surface area contributed by atoms with E-state index in [0.29, 0.717) is 5.56 Å². The molecule has 1 aromatic rings. The molecule has 3 rings (SSSR count). The van der Waals surface area contributed by atoms with Gasteiger partial charge in [0.2, 0.25) is 0 Å². The largest absolute Gasteiger partial charge is 0.272 e. The first-order chi connectivity index (χ1) is 7.36. The smallest absolute Gasteiger partial charge is 0.268 e. The van der Waals surface area contributed by atoms with Crippen molar-refractivity contribution in [2.75, 3.05) is 13.1 Å². The Kier molecular flexibility index (Phi) is 2.91. The summed E-state index contributed by atoms with van der Waals surface area (Å²) in [5, 5.41) is 1.81. The fourth-order valence-electron chi connectivity index (χ4n) is 1.90. The van der Waals surface area contributed by atoms with Gasteiger partial charge in [-0.1, -0.05) is 0 Å². The van der Waals surface area contributed by atoms with Crippen molar-refractivity contribution >= 4 is 28.7 Å². The number of hydrogen-bond acceptors (Lipinski definition) is 4. The Labute approximate surface area is 103 Å². The lowest BCUT2D eigenvalue weighted by Crippen LogP contribution is -2.53. The van der Waals surface area contributed by atoms with Gasteiger partial charge in [0, 0.05) is 31.0 Å². The van der Waals surface area contributed by atoms with Crippen molar-refractivity contribution in [3.05, 3.63) is 29.6 Å². The third-order valence-electron chi connectivity index (χ3n) is 2.60. The summed E-state index contributed by atoms with van der Waals surface area (Å²) < 4.78 is 0. The van der Waals surface area contributed by atoms with E-state index >= 15 is 0 Å². The van der Waals surface area contributed by atoms with Crippen LogP contribution in [0.1, 0.15) is 22.3 Å². The van der Waals surface area contributed by atoms with Crippen LogP contribution in [0, 0.1) is 0 Å². The molecule has 0 aliphatic carbocycles. The van der Waals surface area contributed by atoms with Gasteiger partial charge >= 0.3 is 0 Å². The van der Waals surface area contributed by atoms with Crippen molar-refractivity contribution < 1.29 is 4.79 Å². The van der Waals surface area contributed by atoms with Crippen LogP contribution in [0.3, 0.4) is 0 Å². The normalized spacial score (nSPS) is 17.6. The van der Waals surface area contributed by atoms with Crippen LogP contribution < -0.4 is 5.43 Å². The minimum atomic E-state index is -0.0982. The van der Waals surface area contributed by atoms with Gasteiger partial charge in [-0.3, -0.25) is 25.2 Å². The zero-order valence-electron chi connectivity index (χ0n) is 8.51. The Morgan fingerprint density at radius 1 is 1.38 bits per heavy atom. The molecule has 0 saturated carbocycles. The van der Waals surface area contributed by atoms with Gasteiger partial charge in [-0.15, -0.1) is 17.0 Å². The van der Waals surface area contributed by atoms with Crippen LogP contribution in [-0.2, 0) is 0 Å². The maximum atomic E-state index is 11.7. The summed E-state index contributed by atoms with van der Waals surface area (Å²) in [7, 11) is 0. The van der Waals surface area contributed by atoms with E-state index < -0.39 is 0 Å². The van der Waals surface area contributed by atoms with Gasteiger partial charge in [0.05, 0.1) is 5.56 Å². The summed E-state index contributed by atoms with van der Waals surface area (Å²) in [5.74, 6) is 0.761. The molecule has 0 radical (unpaired) electrons. The van der Waals surface area contributed by atoms with Crippen LogP contribution in [0.2, 0.25) is 0 Å². The van der Waals surface area contributed by atoms with Crippen LogP contribution in [-0.4, -0.2) is 34.8 Å². The number of aliphatic imine (C=N–C) groups is 1. The van der Waals surface area contributed by atoms with Gasteiger partial charge in [0.25, 0.3) is 5.91 Å². The molecule has 0 aromatic carbocycles. The van der Waals surface area contributed by atoms with Crippen molar-refractivity contribution in [3.8, 4) is 0 Å². The molecule has 1 amide bonds. The number of nitrogens with one attached hydrogen (secondary N) is 1. The van der Waals surface area contributed by atoms with Crippen LogP contribution in [0.4, 0.5) is 0 Å². The van der Waals surface area contributed by atoms with E-state index in [2.05, 4.69) is 15.4 Å². The number of fused-ring (bicyclic) bond motifs is 3. The lowest BCUT2D eigenvalue weighted by atomic mass is 10.1. The van der Waals surface area contributed by atoms with Gasteiger partial charge < -0.3 is 0 Å². The Morgan fingerprint density at radius 2 is 2.25 bits per heavy atom. The quantitative estimate of drug-likeness (QED) is 0.765. The van der Waals surface area contributed by atoms with Crippen LogP contribution >= 0.6 is 17.0 Å². The maximum Gasteiger partial charge on any atom is 0.272 e. The Bertz CT molecular complexity index is 460. The van der Waals surface area contributed by atoms with Gasteiger partial charge in [-0.25, -0.2) is 0 Å². The Hall–Kier alpha value is -1.43. The number of halogens is 1. The molecule has 0 spiro atoms. The molecule has 0 saturated heterocycles. The lowest BCUT2D eigenvalue weighted by molar-refractivity contribution is 0.0854. The number of pyridine rings is 1. The number of amides is 1. The lowest BCUT2D eigenvalue weighted by Gasteiger charge is -2.33. The molecule has 5 nitrogen and oxygen atoms in total. The molecule has 1 aromatic heterocycles. The molecule has 16 heavy (non-hydrogen) atoms. The second-order valence-corrected chi connectivity index (χ2v) is 3.57. The number of nitrogens with zero attached hydrogens (tertiary/aromatic N) is 3. The molecule has 6 heteroatoms. The number of hydrazine groups is 1. The first-order valence-corrected chi connectivity index (χ1v) is 4.93. The number of amidine groups is 1. The van der Waals surface area contributed by atoms with Crippen molar-refractivity contribution in [2.24, 2.45) is 4.99 Å². The summed E-state index contributed by atoms with van der Waals surface area (Å²) in [6, 6.07) is 1.84. The minimum Gasteiger partial charge on any atom is -0.268 e. The number of rotatable bonds is 0. The topological polar surface area (TPSA) is 57.6 Å². The monoisotopic (exact) mass is 282 g/mol. The fourth-order valence-corrected chi connectivity index (χ4v) is 1.90. The Morgan fingerprint density at radius 3 is 3.12 bits per heavy atom. The highest BCUT2D eigenvalue weighted by molar-refractivity contribution is 8.93. The molecule has 3 heterocycles. The summed E-state index contributed by atoms with van der Waals surface area (Å²) in [6.07, 6.45) is 4.25. The van der Waals surface area contributed by atoms with E-state index in [1.807, 2.05) is 11.1 Å². The minimum absolute atomic E-state index is 0. The van der Waals surface area contributed by atoms with E-state index in [4.69, 9.17) is 0 Å². The highest BCUT2D eigenvalue weighted by Gasteiger charge is 2.28. The van der Waals surface area contributed by atoms with Crippen molar-refractivity contribution in [1.82, 2.24) is 15.4 Å². The van der Waals surface area contributed by atoms with Crippen molar-refractivity contribution in [2.45, 2.75) is 6.42 Å². The third-order valence-corrected chi connectivity index (χ3v) is 2.60. The molecular formula is C10H11BrN4O. The first kappa shape index (κ1) is 11.1. The number of carbonyl (C=O) groups is 1. The van der Waals surface area contributed by atoms with Gasteiger partial charge in [-0.2, -0.15) is 0 Å². The van der Waals surface area contributed by atoms with Crippen molar-refractivity contribution in [1.29, 1.82) is 0 Å². The average Bonchev–Trinajstić information content (AvgIpc) is 2.30. The van der Waals surface area contributed by atoms with Crippen LogP contribution in [0.15, 0.2) is 23.5 Å². The zero-order chi connectivity index (χ0) is 10.3. The van der Waals surface area contributed by atoms with Gasteiger partial charge in [-0.05, 0) is 12.5 Å². The zero-order valence-corrected chi connectivity index (χ0v) is 10.2. The van der Waals surface area contributed by atoms with E-state index in [1.54, 1.807) is 12.4 Å². The molecule has 0 unspecified atom stereocenters. The molecule has 0 bridgehead atoms. The molecule has 0 fully saturated rings. The average molecular weight is 283 g/mol. The predicted molar refractivity (Wildman–Crippen MR) is 64.8 cm³/mol. The first-order valence-electron chi connectivity index (χ1n) is 4.93. The second kappa shape index (κ2) is 4.21. The van der Waals surface area contributed by atoms with Crippen molar-refractivity contribution in [3.63, 3.8) is 0 Å². The summed E-state index contributed by atoms with van der Waals surface area (Å²) in [5.41, 5.74) is 4.29. The standard InChI is InChI=1S/C10H10N4O.BrH/c15-10-8-6-11-4-2-7(8)9-12-3-1-5-14(9)13-10;/h2,4,6H,1,3,5H2,(H,13,15);1H. The molecule has 84 valence electrons. The van der Waals surface area contributed by atoms with Gasteiger partial charge in [0.15, 0.2) is 5.84 Å². The highest BCUT2D eigenvalue weighted by Crippen LogP contribution is 2.18. The fraction of sp³-hybridized carbons (Fsp3) is 0.300. The highest BCUT2D eigenvalue weighted by atomic mass is 79.9. The maximum absolute atomic E-state index is 11.7. The van der Waals surface area contributed by atoms with E-state index in [-0.39, 0.29) is 22.9 Å². The van der Waals surface area contributed by atoms with Crippen LogP contribution in [0.5, 0.6) is 0 Å². The summed E-state index contributed by atoms with van der Waals surface area (Å²) in [6.45, 7) is 1.65. The molecule has 1 N–H and O–H groups in total. The summed E-state index contributed by atoms with van der Waals surface area (Å²) in [4.78, 5) is 20.1. The van der Waals surface area contributed by atoms with Gasteiger partial charge in [0.1, 0.15) is 0 Å². The molecule has 2 aliphatic rings. The molecule has 2 aliphatic heterocycles. The molecular weight excluding hydrogens is 272 g/mol. The predicted octanol–water partition coefficient (Wildman–Crippen LogP) is 0.770.